The lowest BCUT2D eigenvalue weighted by atomic mass is 10.1. The third kappa shape index (κ3) is 4.28. The first kappa shape index (κ1) is 19.6. The highest BCUT2D eigenvalue weighted by atomic mass is 16.5. The Kier molecular flexibility index (Phi) is 6.89. The number of carbonyl (C=O) groups is 1. The number of pyridine rings is 1. The highest BCUT2D eigenvalue weighted by Crippen LogP contribution is 2.35. The van der Waals surface area contributed by atoms with E-state index in [1.165, 1.54) is 26.7 Å². The van der Waals surface area contributed by atoms with E-state index in [0.717, 1.165) is 25.7 Å². The minimum absolute atomic E-state index is 0.293. The summed E-state index contributed by atoms with van der Waals surface area (Å²) in [5.74, 6) is -0.145. The highest BCUT2D eigenvalue weighted by Gasteiger charge is 2.20. The molecule has 1 heterocycles. The van der Waals surface area contributed by atoms with Gasteiger partial charge in [-0.2, -0.15) is 0 Å². The summed E-state index contributed by atoms with van der Waals surface area (Å²) in [6, 6.07) is 3.08. The van der Waals surface area contributed by atoms with Crippen molar-refractivity contribution in [1.29, 1.82) is 0 Å². The van der Waals surface area contributed by atoms with Crippen LogP contribution in [0.15, 0.2) is 16.9 Å². The van der Waals surface area contributed by atoms with Crippen LogP contribution in [-0.2, 0) is 0 Å². The highest BCUT2D eigenvalue weighted by molar-refractivity contribution is 6.02. The summed E-state index contributed by atoms with van der Waals surface area (Å²) >= 11 is 0. The summed E-state index contributed by atoms with van der Waals surface area (Å²) in [5, 5.41) is 13.5. The second kappa shape index (κ2) is 9.12. The number of aromatic amines is 1. The van der Waals surface area contributed by atoms with Gasteiger partial charge in [0.15, 0.2) is 11.5 Å². The number of H-pyrrole nitrogens is 1. The van der Waals surface area contributed by atoms with Crippen molar-refractivity contribution >= 4 is 16.8 Å². The SMILES string of the molecule is CCCCCCCNC(=O)c1c(O)c2cc(OC)c(OC)cc2[nH]c1=O. The van der Waals surface area contributed by atoms with Gasteiger partial charge in [-0.3, -0.25) is 9.59 Å². The van der Waals surface area contributed by atoms with Crippen LogP contribution >= 0.6 is 0 Å². The fourth-order valence-electron chi connectivity index (χ4n) is 2.83. The zero-order chi connectivity index (χ0) is 19.1. The fraction of sp³-hybridized carbons (Fsp3) is 0.474. The van der Waals surface area contributed by atoms with Crippen LogP contribution in [0.1, 0.15) is 49.4 Å². The van der Waals surface area contributed by atoms with Crippen molar-refractivity contribution in [3.8, 4) is 17.2 Å². The third-order valence-electron chi connectivity index (χ3n) is 4.28. The summed E-state index contributed by atoms with van der Waals surface area (Å²) in [6.07, 6.45) is 5.30. The molecular weight excluding hydrogens is 336 g/mol. The molecular formula is C19H26N2O5. The summed E-state index contributed by atoms with van der Waals surface area (Å²) in [6.45, 7) is 2.60. The molecule has 0 bridgehead atoms. The molecule has 142 valence electrons. The molecule has 2 aromatic rings. The molecule has 0 aliphatic carbocycles. The predicted octanol–water partition coefficient (Wildman–Crippen LogP) is 2.95. The predicted molar refractivity (Wildman–Crippen MR) is 100 cm³/mol. The van der Waals surface area contributed by atoms with E-state index in [1.54, 1.807) is 6.07 Å². The number of methoxy groups -OCH3 is 2. The molecule has 26 heavy (non-hydrogen) atoms. The van der Waals surface area contributed by atoms with E-state index in [-0.39, 0.29) is 11.3 Å². The lowest BCUT2D eigenvalue weighted by molar-refractivity contribution is 0.0949. The standard InChI is InChI=1S/C19H26N2O5/c1-4-5-6-7-8-9-20-18(23)16-17(22)12-10-14(25-2)15(26-3)11-13(12)21-19(16)24/h10-11H,4-9H2,1-3H3,(H,20,23)(H2,21,22,24). The zero-order valence-electron chi connectivity index (χ0n) is 15.5. The van der Waals surface area contributed by atoms with Gasteiger partial charge >= 0.3 is 0 Å². The summed E-state index contributed by atoms with van der Waals surface area (Å²) in [5.41, 5.74) is -0.578. The zero-order valence-corrected chi connectivity index (χ0v) is 15.5. The minimum atomic E-state index is -0.647. The number of ether oxygens (including phenoxy) is 2. The Labute approximate surface area is 152 Å². The smallest absolute Gasteiger partial charge is 0.265 e. The number of benzene rings is 1. The number of aromatic nitrogens is 1. The Bertz CT molecular complexity index is 829. The number of carbonyl (C=O) groups excluding carboxylic acids is 1. The molecule has 0 saturated heterocycles. The Morgan fingerprint density at radius 3 is 2.42 bits per heavy atom. The number of amides is 1. The second-order valence-corrected chi connectivity index (χ2v) is 6.10. The van der Waals surface area contributed by atoms with Crippen molar-refractivity contribution in [2.24, 2.45) is 0 Å². The molecule has 0 saturated carbocycles. The van der Waals surface area contributed by atoms with Gasteiger partial charge in [0.05, 0.1) is 19.7 Å². The van der Waals surface area contributed by atoms with Crippen molar-refractivity contribution in [2.75, 3.05) is 20.8 Å². The quantitative estimate of drug-likeness (QED) is 0.596. The first-order chi connectivity index (χ1) is 12.5. The minimum Gasteiger partial charge on any atom is -0.506 e. The molecule has 7 heteroatoms. The number of hydrogen-bond acceptors (Lipinski definition) is 5. The Hall–Kier alpha value is -2.70. The maximum absolute atomic E-state index is 12.3. The molecule has 0 radical (unpaired) electrons. The monoisotopic (exact) mass is 362 g/mol. The average Bonchev–Trinajstić information content (AvgIpc) is 2.63. The summed E-state index contributed by atoms with van der Waals surface area (Å²) in [7, 11) is 2.95. The number of unbranched alkanes of at least 4 members (excludes halogenated alkanes) is 4. The van der Waals surface area contributed by atoms with Crippen LogP contribution in [0, 0.1) is 0 Å². The van der Waals surface area contributed by atoms with E-state index in [2.05, 4.69) is 17.2 Å². The largest absolute Gasteiger partial charge is 0.506 e. The van der Waals surface area contributed by atoms with Crippen molar-refractivity contribution in [1.82, 2.24) is 10.3 Å². The third-order valence-corrected chi connectivity index (χ3v) is 4.28. The van der Waals surface area contributed by atoms with Crippen molar-refractivity contribution in [3.05, 3.63) is 28.0 Å². The molecule has 1 aromatic carbocycles. The van der Waals surface area contributed by atoms with E-state index in [9.17, 15) is 14.7 Å². The van der Waals surface area contributed by atoms with E-state index in [4.69, 9.17) is 9.47 Å². The number of aromatic hydroxyl groups is 1. The van der Waals surface area contributed by atoms with Gasteiger partial charge in [0, 0.05) is 18.0 Å². The number of fused-ring (bicyclic) bond motifs is 1. The fourth-order valence-corrected chi connectivity index (χ4v) is 2.83. The second-order valence-electron chi connectivity index (χ2n) is 6.10. The molecule has 1 aromatic heterocycles. The van der Waals surface area contributed by atoms with Gasteiger partial charge in [-0.05, 0) is 12.5 Å². The molecule has 3 N–H and O–H groups in total. The molecule has 0 unspecified atom stereocenters. The van der Waals surface area contributed by atoms with Gasteiger partial charge < -0.3 is 24.9 Å². The van der Waals surface area contributed by atoms with Crippen LogP contribution in [0.2, 0.25) is 0 Å². The van der Waals surface area contributed by atoms with Crippen LogP contribution in [0.4, 0.5) is 0 Å². The van der Waals surface area contributed by atoms with Crippen molar-refractivity contribution < 1.29 is 19.4 Å². The maximum Gasteiger partial charge on any atom is 0.265 e. The van der Waals surface area contributed by atoms with Gasteiger partial charge in [-0.25, -0.2) is 0 Å². The van der Waals surface area contributed by atoms with Crippen LogP contribution in [0.5, 0.6) is 17.2 Å². The first-order valence-electron chi connectivity index (χ1n) is 8.82. The first-order valence-corrected chi connectivity index (χ1v) is 8.82. The van der Waals surface area contributed by atoms with Crippen molar-refractivity contribution in [2.45, 2.75) is 39.0 Å². The Balaban J connectivity index is 2.24. The van der Waals surface area contributed by atoms with Crippen LogP contribution in [0.25, 0.3) is 10.9 Å². The average molecular weight is 362 g/mol. The van der Waals surface area contributed by atoms with Gasteiger partial charge in [-0.15, -0.1) is 0 Å². The van der Waals surface area contributed by atoms with Gasteiger partial charge in [0.25, 0.3) is 11.5 Å². The number of rotatable bonds is 9. The van der Waals surface area contributed by atoms with E-state index in [1.807, 2.05) is 0 Å². The molecule has 1 amide bonds. The van der Waals surface area contributed by atoms with Gasteiger partial charge in [-0.1, -0.05) is 32.6 Å². The Morgan fingerprint density at radius 1 is 1.12 bits per heavy atom. The molecule has 0 aliphatic heterocycles. The van der Waals surface area contributed by atoms with Crippen LogP contribution < -0.4 is 20.3 Å². The van der Waals surface area contributed by atoms with Gasteiger partial charge in [0.1, 0.15) is 11.3 Å². The molecule has 0 aliphatic rings. The number of hydrogen-bond donors (Lipinski definition) is 3. The lowest BCUT2D eigenvalue weighted by Gasteiger charge is -2.12. The maximum atomic E-state index is 12.3. The van der Waals surface area contributed by atoms with E-state index < -0.39 is 11.5 Å². The normalized spacial score (nSPS) is 10.7. The van der Waals surface area contributed by atoms with Gasteiger partial charge in [0.2, 0.25) is 0 Å². The van der Waals surface area contributed by atoms with Crippen LogP contribution in [0.3, 0.4) is 0 Å². The molecule has 0 atom stereocenters. The van der Waals surface area contributed by atoms with Crippen LogP contribution in [-0.4, -0.2) is 36.8 Å². The molecule has 7 nitrogen and oxygen atoms in total. The van der Waals surface area contributed by atoms with E-state index in [0.29, 0.717) is 28.9 Å². The van der Waals surface area contributed by atoms with E-state index >= 15 is 0 Å². The molecule has 0 spiro atoms. The van der Waals surface area contributed by atoms with Crippen molar-refractivity contribution in [3.63, 3.8) is 0 Å². The molecule has 0 fully saturated rings. The lowest BCUT2D eigenvalue weighted by Crippen LogP contribution is -2.30. The summed E-state index contributed by atoms with van der Waals surface area (Å²) < 4.78 is 10.4. The summed E-state index contributed by atoms with van der Waals surface area (Å²) in [4.78, 5) is 27.2. The topological polar surface area (TPSA) is 101 Å². The Morgan fingerprint density at radius 2 is 1.77 bits per heavy atom. The number of nitrogens with one attached hydrogen (secondary N) is 2. The molecule has 2 rings (SSSR count).